The molecule has 7 rings (SSSR count). The summed E-state index contributed by atoms with van der Waals surface area (Å²) >= 11 is 0. The van der Waals surface area contributed by atoms with E-state index in [0.717, 1.165) is 22.3 Å². The van der Waals surface area contributed by atoms with Crippen LogP contribution in [0.2, 0.25) is 0 Å². The molecule has 1 fully saturated rings. The number of nitrogens with one attached hydrogen (secondary N) is 1. The van der Waals surface area contributed by atoms with E-state index in [9.17, 15) is 20.0 Å². The van der Waals surface area contributed by atoms with Crippen molar-refractivity contribution in [1.82, 2.24) is 0 Å². The molecule has 2 bridgehead atoms. The Hall–Kier alpha value is -3.32. The van der Waals surface area contributed by atoms with Crippen LogP contribution in [0.25, 0.3) is 0 Å². The van der Waals surface area contributed by atoms with Crippen molar-refractivity contribution in [2.75, 3.05) is 4.90 Å². The second kappa shape index (κ2) is 6.59. The maximum Gasteiger partial charge on any atom is 0.238 e. The zero-order valence-corrected chi connectivity index (χ0v) is 17.5. The molecule has 0 saturated carbocycles. The van der Waals surface area contributed by atoms with Crippen LogP contribution >= 0.6 is 0 Å². The maximum absolute atomic E-state index is 13.9. The summed E-state index contributed by atoms with van der Waals surface area (Å²) < 4.78 is 0. The van der Waals surface area contributed by atoms with Gasteiger partial charge in [0.15, 0.2) is 5.69 Å². The third-order valence-corrected chi connectivity index (χ3v) is 7.72. The number of amides is 2. The van der Waals surface area contributed by atoms with E-state index in [1.807, 2.05) is 24.3 Å². The third-order valence-electron chi connectivity index (χ3n) is 7.72. The minimum absolute atomic E-state index is 0.121. The van der Waals surface area contributed by atoms with Gasteiger partial charge in [-0.1, -0.05) is 55.5 Å². The monoisotopic (exact) mass is 426 g/mol. The fourth-order valence-corrected chi connectivity index (χ4v) is 6.54. The van der Waals surface area contributed by atoms with Crippen molar-refractivity contribution in [2.24, 2.45) is 11.8 Å². The van der Waals surface area contributed by atoms with Gasteiger partial charge in [-0.3, -0.25) is 9.59 Å². The molecule has 3 aromatic rings. The maximum atomic E-state index is 13.9. The summed E-state index contributed by atoms with van der Waals surface area (Å²) in [6.07, 6.45) is 0.708. The van der Waals surface area contributed by atoms with E-state index in [4.69, 9.17) is 0 Å². The molecule has 1 heterocycles. The Labute approximate surface area is 185 Å². The number of carbonyl (C=O) groups is 2. The summed E-state index contributed by atoms with van der Waals surface area (Å²) in [5, 5.41) is 19.4. The Morgan fingerprint density at radius 3 is 2.00 bits per heavy atom. The van der Waals surface area contributed by atoms with Gasteiger partial charge in [0.1, 0.15) is 0 Å². The Kier molecular flexibility index (Phi) is 3.99. The second-order valence-electron chi connectivity index (χ2n) is 8.84. The number of anilines is 1. The van der Waals surface area contributed by atoms with Gasteiger partial charge in [0.2, 0.25) is 11.8 Å². The lowest BCUT2D eigenvalue weighted by atomic mass is 9.46. The van der Waals surface area contributed by atoms with Gasteiger partial charge in [0.05, 0.1) is 17.5 Å². The molecule has 3 aromatic carbocycles. The van der Waals surface area contributed by atoms with E-state index in [0.29, 0.717) is 12.1 Å². The van der Waals surface area contributed by atoms with E-state index < -0.39 is 22.5 Å². The predicted molar refractivity (Wildman–Crippen MR) is 117 cm³/mol. The standard InChI is InChI=1S/C26H22N2O4/c1-2-26-19-9-5-3-7-17(19)21(18-8-4-6-10-20(18)26)22-23(26)25(30)27(24(22)29)15-11-13-16(14-12-15)28(31)32/h3-14,21-23,28,31H,2H2,1H3. The minimum Gasteiger partial charge on any atom is -0.595 e. The van der Waals surface area contributed by atoms with Crippen molar-refractivity contribution in [3.63, 3.8) is 0 Å². The summed E-state index contributed by atoms with van der Waals surface area (Å²) in [6.45, 7) is 2.10. The van der Waals surface area contributed by atoms with Crippen LogP contribution in [0.1, 0.15) is 41.5 Å². The Morgan fingerprint density at radius 1 is 0.906 bits per heavy atom. The van der Waals surface area contributed by atoms with Crippen LogP contribution in [0, 0.1) is 17.0 Å². The zero-order valence-electron chi connectivity index (χ0n) is 17.5. The minimum atomic E-state index is -1.04. The number of quaternary nitrogens is 1. The molecule has 1 aliphatic heterocycles. The van der Waals surface area contributed by atoms with E-state index in [1.165, 1.54) is 17.0 Å². The Morgan fingerprint density at radius 2 is 1.47 bits per heavy atom. The first-order valence-corrected chi connectivity index (χ1v) is 10.9. The van der Waals surface area contributed by atoms with Crippen LogP contribution in [0.5, 0.6) is 0 Å². The third kappa shape index (κ3) is 2.19. The average molecular weight is 426 g/mol. The van der Waals surface area contributed by atoms with Crippen molar-refractivity contribution in [2.45, 2.75) is 24.7 Å². The molecule has 3 atom stereocenters. The molecule has 0 aromatic heterocycles. The number of nitrogens with zero attached hydrogens (tertiary/aromatic N) is 1. The molecule has 3 aliphatic carbocycles. The highest BCUT2D eigenvalue weighted by Crippen LogP contribution is 2.65. The highest BCUT2D eigenvalue weighted by Gasteiger charge is 2.67. The smallest absolute Gasteiger partial charge is 0.238 e. The predicted octanol–water partition coefficient (Wildman–Crippen LogP) is 3.05. The topological polar surface area (TPSA) is 85.1 Å². The van der Waals surface area contributed by atoms with Gasteiger partial charge in [-0.25, -0.2) is 10.1 Å². The van der Waals surface area contributed by atoms with E-state index >= 15 is 0 Å². The first-order chi connectivity index (χ1) is 15.5. The van der Waals surface area contributed by atoms with E-state index in [1.54, 1.807) is 12.1 Å². The summed E-state index contributed by atoms with van der Waals surface area (Å²) in [5.41, 5.74) is 4.56. The lowest BCUT2D eigenvalue weighted by Crippen LogP contribution is -2.99. The van der Waals surface area contributed by atoms with Crippen molar-refractivity contribution < 1.29 is 20.0 Å². The van der Waals surface area contributed by atoms with Crippen molar-refractivity contribution in [3.05, 3.63) is 100 Å². The number of carbonyl (C=O) groups excluding carboxylic acids is 2. The van der Waals surface area contributed by atoms with Crippen LogP contribution in [-0.4, -0.2) is 17.0 Å². The summed E-state index contributed by atoms with van der Waals surface area (Å²) in [6, 6.07) is 22.4. The molecule has 3 unspecified atom stereocenters. The van der Waals surface area contributed by atoms with Gasteiger partial charge < -0.3 is 5.21 Å². The summed E-state index contributed by atoms with van der Waals surface area (Å²) in [7, 11) is 0. The molecule has 160 valence electrons. The van der Waals surface area contributed by atoms with Crippen LogP contribution < -0.4 is 10.1 Å². The number of hydrogen-bond acceptors (Lipinski definition) is 4. The molecule has 0 spiro atoms. The average Bonchev–Trinajstić information content (AvgIpc) is 3.10. The molecule has 4 aliphatic rings. The molecular formula is C26H22N2O4. The van der Waals surface area contributed by atoms with Gasteiger partial charge in [0, 0.05) is 23.5 Å². The fraction of sp³-hybridized carbons (Fsp3) is 0.231. The summed E-state index contributed by atoms with van der Waals surface area (Å²) in [4.78, 5) is 29.0. The quantitative estimate of drug-likeness (QED) is 0.498. The second-order valence-corrected chi connectivity index (χ2v) is 8.84. The number of rotatable bonds is 3. The largest absolute Gasteiger partial charge is 0.595 e. The molecule has 0 radical (unpaired) electrons. The van der Waals surface area contributed by atoms with Crippen molar-refractivity contribution in [1.29, 1.82) is 0 Å². The highest BCUT2D eigenvalue weighted by molar-refractivity contribution is 6.23. The lowest BCUT2D eigenvalue weighted by Gasteiger charge is -2.54. The molecular weight excluding hydrogens is 404 g/mol. The van der Waals surface area contributed by atoms with E-state index in [-0.39, 0.29) is 23.4 Å². The Balaban J connectivity index is 1.57. The van der Waals surface area contributed by atoms with Crippen molar-refractivity contribution in [3.8, 4) is 0 Å². The van der Waals surface area contributed by atoms with Crippen LogP contribution in [0.3, 0.4) is 0 Å². The van der Waals surface area contributed by atoms with Crippen LogP contribution in [-0.2, 0) is 15.0 Å². The number of hydrogen-bond donors (Lipinski definition) is 2. The first kappa shape index (κ1) is 19.4. The Bertz CT molecular complexity index is 1220. The molecule has 32 heavy (non-hydrogen) atoms. The highest BCUT2D eigenvalue weighted by atomic mass is 16.8. The molecule has 2 amide bonds. The van der Waals surface area contributed by atoms with E-state index in [2.05, 4.69) is 31.2 Å². The van der Waals surface area contributed by atoms with Crippen LogP contribution in [0.4, 0.5) is 11.4 Å². The van der Waals surface area contributed by atoms with Crippen LogP contribution in [0.15, 0.2) is 72.8 Å². The van der Waals surface area contributed by atoms with Gasteiger partial charge in [0.25, 0.3) is 0 Å². The zero-order chi connectivity index (χ0) is 22.2. The molecule has 2 N–H and O–H groups in total. The number of benzene rings is 3. The number of imide groups is 1. The molecule has 6 heteroatoms. The molecule has 6 nitrogen and oxygen atoms in total. The van der Waals surface area contributed by atoms with Crippen molar-refractivity contribution >= 4 is 23.2 Å². The van der Waals surface area contributed by atoms with Gasteiger partial charge in [-0.05, 0) is 40.8 Å². The first-order valence-electron chi connectivity index (χ1n) is 10.9. The summed E-state index contributed by atoms with van der Waals surface area (Å²) in [5.74, 6) is -1.50. The molecule has 1 saturated heterocycles. The lowest BCUT2D eigenvalue weighted by molar-refractivity contribution is -0.991. The van der Waals surface area contributed by atoms with Gasteiger partial charge in [-0.15, -0.1) is 0 Å². The van der Waals surface area contributed by atoms with Gasteiger partial charge in [-0.2, -0.15) is 5.23 Å². The SMILES string of the molecule is CCC12c3ccccc3C(c3ccccc31)C1C(=O)N(c3ccc([NH+]([O-])O)cc3)C(=O)C12. The normalized spacial score (nSPS) is 28.3. The fourth-order valence-electron chi connectivity index (χ4n) is 6.54. The van der Waals surface area contributed by atoms with Gasteiger partial charge >= 0.3 is 0 Å².